The summed E-state index contributed by atoms with van der Waals surface area (Å²) in [7, 11) is -4.15. The quantitative estimate of drug-likeness (QED) is 0.458. The standard InChI is InChI=1S/C25H24N2O7S/c28-23-18-7-1-2-8-19(18)24(29)27(23)13-5-9-20(25(30)31)26-35(32,33)15-11-12-17-16-6-3-4-10-21(16)34-22(17)14-15/h1-2,7-8,11-12,14,20,26H,3-6,9-10,13H2,(H,30,31). The molecule has 2 amide bonds. The van der Waals surface area contributed by atoms with Crippen LogP contribution in [-0.4, -0.2) is 48.8 Å². The third-order valence-electron chi connectivity index (χ3n) is 6.59. The fraction of sp³-hybridized carbons (Fsp3) is 0.320. The van der Waals surface area contributed by atoms with E-state index in [4.69, 9.17) is 4.42 Å². The molecule has 0 bridgehead atoms. The highest BCUT2D eigenvalue weighted by molar-refractivity contribution is 7.89. The number of imide groups is 1. The Morgan fingerprint density at radius 1 is 1.06 bits per heavy atom. The molecule has 0 saturated carbocycles. The van der Waals surface area contributed by atoms with Gasteiger partial charge in [-0.05, 0) is 56.4 Å². The largest absolute Gasteiger partial charge is 0.480 e. The molecule has 0 radical (unpaired) electrons. The van der Waals surface area contributed by atoms with E-state index in [9.17, 15) is 27.9 Å². The molecule has 0 spiro atoms. The first-order valence-corrected chi connectivity index (χ1v) is 13.0. The maximum Gasteiger partial charge on any atom is 0.321 e. The number of aryl methyl sites for hydroxylation is 2. The van der Waals surface area contributed by atoms with Gasteiger partial charge in [-0.2, -0.15) is 4.72 Å². The van der Waals surface area contributed by atoms with Crippen LogP contribution in [0.15, 0.2) is 51.8 Å². The molecule has 10 heteroatoms. The van der Waals surface area contributed by atoms with Crippen LogP contribution < -0.4 is 4.72 Å². The van der Waals surface area contributed by atoms with Gasteiger partial charge >= 0.3 is 5.97 Å². The van der Waals surface area contributed by atoms with E-state index in [1.165, 1.54) is 12.1 Å². The zero-order valence-electron chi connectivity index (χ0n) is 18.8. The van der Waals surface area contributed by atoms with Crippen molar-refractivity contribution < 1.29 is 32.3 Å². The molecule has 2 N–H and O–H groups in total. The SMILES string of the molecule is O=C(O)C(CCCN1C(=O)c2ccccc2C1=O)NS(=O)(=O)c1ccc2c3c(oc2c1)CCCC3. The molecule has 1 aliphatic carbocycles. The van der Waals surface area contributed by atoms with E-state index in [2.05, 4.69) is 4.72 Å². The third kappa shape index (κ3) is 4.23. The Morgan fingerprint density at radius 2 is 1.74 bits per heavy atom. The molecule has 2 aliphatic rings. The van der Waals surface area contributed by atoms with Crippen LogP contribution in [-0.2, 0) is 27.7 Å². The number of carbonyl (C=O) groups excluding carboxylic acids is 2. The Morgan fingerprint density at radius 3 is 2.43 bits per heavy atom. The lowest BCUT2D eigenvalue weighted by atomic mass is 9.96. The van der Waals surface area contributed by atoms with Gasteiger partial charge in [0.2, 0.25) is 10.0 Å². The summed E-state index contributed by atoms with van der Waals surface area (Å²) < 4.78 is 34.1. The first-order chi connectivity index (χ1) is 16.8. The normalized spacial score (nSPS) is 16.4. The first-order valence-electron chi connectivity index (χ1n) is 11.5. The fourth-order valence-electron chi connectivity index (χ4n) is 4.80. The molecule has 2 heterocycles. The summed E-state index contributed by atoms with van der Waals surface area (Å²) in [5.41, 5.74) is 2.20. The lowest BCUT2D eigenvalue weighted by molar-refractivity contribution is -0.139. The Hall–Kier alpha value is -3.50. The molecule has 0 saturated heterocycles. The molecular formula is C25H24N2O7S. The van der Waals surface area contributed by atoms with Gasteiger partial charge in [-0.1, -0.05) is 12.1 Å². The molecule has 5 rings (SSSR count). The molecule has 0 fully saturated rings. The van der Waals surface area contributed by atoms with Crippen molar-refractivity contribution in [3.63, 3.8) is 0 Å². The minimum absolute atomic E-state index is 0.0121. The highest BCUT2D eigenvalue weighted by Gasteiger charge is 2.35. The van der Waals surface area contributed by atoms with Gasteiger partial charge < -0.3 is 9.52 Å². The molecule has 1 unspecified atom stereocenters. The summed E-state index contributed by atoms with van der Waals surface area (Å²) >= 11 is 0. The van der Waals surface area contributed by atoms with E-state index < -0.39 is 33.8 Å². The number of carbonyl (C=O) groups is 3. The van der Waals surface area contributed by atoms with Crippen molar-refractivity contribution in [2.45, 2.75) is 49.5 Å². The van der Waals surface area contributed by atoms with Crippen LogP contribution in [0.5, 0.6) is 0 Å². The van der Waals surface area contributed by atoms with Crippen LogP contribution in [0, 0.1) is 0 Å². The van der Waals surface area contributed by atoms with Gasteiger partial charge in [-0.15, -0.1) is 0 Å². The van der Waals surface area contributed by atoms with Crippen molar-refractivity contribution in [3.05, 3.63) is 64.9 Å². The van der Waals surface area contributed by atoms with Crippen molar-refractivity contribution in [2.75, 3.05) is 6.54 Å². The van der Waals surface area contributed by atoms with Crippen LogP contribution in [0.25, 0.3) is 11.0 Å². The molecular weight excluding hydrogens is 472 g/mol. The molecule has 35 heavy (non-hydrogen) atoms. The number of amides is 2. The van der Waals surface area contributed by atoms with Crippen LogP contribution in [0.2, 0.25) is 0 Å². The zero-order chi connectivity index (χ0) is 24.7. The summed E-state index contributed by atoms with van der Waals surface area (Å²) in [6.45, 7) is -0.0121. The average molecular weight is 497 g/mol. The van der Waals surface area contributed by atoms with Gasteiger partial charge in [0.05, 0.1) is 16.0 Å². The van der Waals surface area contributed by atoms with Gasteiger partial charge in [0.1, 0.15) is 17.4 Å². The average Bonchev–Trinajstić information content (AvgIpc) is 3.33. The number of nitrogens with zero attached hydrogens (tertiary/aromatic N) is 1. The Labute approximate surface area is 201 Å². The minimum Gasteiger partial charge on any atom is -0.480 e. The second kappa shape index (κ2) is 8.94. The topological polar surface area (TPSA) is 134 Å². The predicted octanol–water partition coefficient (Wildman–Crippen LogP) is 3.12. The number of hydrogen-bond donors (Lipinski definition) is 2. The van der Waals surface area contributed by atoms with Gasteiger partial charge in [-0.25, -0.2) is 8.42 Å². The zero-order valence-corrected chi connectivity index (χ0v) is 19.6. The Kier molecular flexibility index (Phi) is 5.94. The number of carboxylic acids is 1. The number of hydrogen-bond acceptors (Lipinski definition) is 6. The van der Waals surface area contributed by atoms with Crippen molar-refractivity contribution in [3.8, 4) is 0 Å². The molecule has 1 atom stereocenters. The molecule has 1 aromatic heterocycles. The first kappa shape index (κ1) is 23.3. The summed E-state index contributed by atoms with van der Waals surface area (Å²) in [5, 5.41) is 10.5. The second-order valence-electron chi connectivity index (χ2n) is 8.83. The van der Waals surface area contributed by atoms with Gasteiger partial charge in [0.25, 0.3) is 11.8 Å². The summed E-state index contributed by atoms with van der Waals surface area (Å²) in [6.07, 6.45) is 3.82. The maximum atomic E-state index is 13.0. The highest BCUT2D eigenvalue weighted by atomic mass is 32.2. The van der Waals surface area contributed by atoms with E-state index in [0.29, 0.717) is 16.7 Å². The number of sulfonamides is 1. The number of benzene rings is 2. The number of furan rings is 1. The monoisotopic (exact) mass is 496 g/mol. The second-order valence-corrected chi connectivity index (χ2v) is 10.5. The van der Waals surface area contributed by atoms with E-state index >= 15 is 0 Å². The Balaban J connectivity index is 1.27. The number of carboxylic acid groups (broad SMARTS) is 1. The third-order valence-corrected chi connectivity index (χ3v) is 8.06. The van der Waals surface area contributed by atoms with Crippen molar-refractivity contribution in [1.29, 1.82) is 0 Å². The molecule has 1 aliphatic heterocycles. The van der Waals surface area contributed by atoms with Crippen LogP contribution in [0.4, 0.5) is 0 Å². The maximum absolute atomic E-state index is 13.0. The van der Waals surface area contributed by atoms with Gasteiger partial charge in [0, 0.05) is 30.0 Å². The Bertz CT molecular complexity index is 1420. The lowest BCUT2D eigenvalue weighted by Gasteiger charge is -2.17. The van der Waals surface area contributed by atoms with E-state index in [-0.39, 0.29) is 24.3 Å². The number of aliphatic carboxylic acids is 1. The molecule has 2 aromatic carbocycles. The van der Waals surface area contributed by atoms with Gasteiger partial charge in [0.15, 0.2) is 0 Å². The van der Waals surface area contributed by atoms with E-state index in [1.807, 2.05) is 0 Å². The number of fused-ring (bicyclic) bond motifs is 4. The fourth-order valence-corrected chi connectivity index (χ4v) is 6.03. The van der Waals surface area contributed by atoms with Crippen LogP contribution in [0.3, 0.4) is 0 Å². The summed E-state index contributed by atoms with van der Waals surface area (Å²) in [6, 6.07) is 9.62. The molecule has 3 aromatic rings. The lowest BCUT2D eigenvalue weighted by Crippen LogP contribution is -2.41. The summed E-state index contributed by atoms with van der Waals surface area (Å²) in [5.74, 6) is -1.34. The number of rotatable bonds is 8. The van der Waals surface area contributed by atoms with Crippen LogP contribution >= 0.6 is 0 Å². The van der Waals surface area contributed by atoms with E-state index in [0.717, 1.165) is 47.3 Å². The molecule has 9 nitrogen and oxygen atoms in total. The number of nitrogens with one attached hydrogen (secondary N) is 1. The van der Waals surface area contributed by atoms with Crippen LogP contribution in [0.1, 0.15) is 57.7 Å². The predicted molar refractivity (Wildman–Crippen MR) is 126 cm³/mol. The van der Waals surface area contributed by atoms with E-state index in [1.54, 1.807) is 30.3 Å². The smallest absolute Gasteiger partial charge is 0.321 e. The highest BCUT2D eigenvalue weighted by Crippen LogP contribution is 2.33. The molecule has 182 valence electrons. The minimum atomic E-state index is -4.15. The van der Waals surface area contributed by atoms with Crippen molar-refractivity contribution in [2.24, 2.45) is 0 Å². The van der Waals surface area contributed by atoms with Gasteiger partial charge in [-0.3, -0.25) is 19.3 Å². The van der Waals surface area contributed by atoms with Crippen molar-refractivity contribution >= 4 is 38.8 Å². The summed E-state index contributed by atoms with van der Waals surface area (Å²) in [4.78, 5) is 37.7. The van der Waals surface area contributed by atoms with Crippen molar-refractivity contribution in [1.82, 2.24) is 9.62 Å².